The van der Waals surface area contributed by atoms with Gasteiger partial charge in [-0.2, -0.15) is 4.31 Å². The minimum Gasteiger partial charge on any atom is -0.399 e. The highest BCUT2D eigenvalue weighted by atomic mass is 79.9. The highest BCUT2D eigenvalue weighted by molar-refractivity contribution is 9.10. The Labute approximate surface area is 126 Å². The number of hydrogen-bond acceptors (Lipinski definition) is 5. The van der Waals surface area contributed by atoms with Gasteiger partial charge in [-0.1, -0.05) is 0 Å². The molecule has 1 heterocycles. The topological polar surface area (TPSA) is 92.9 Å². The molecule has 1 aliphatic heterocycles. The van der Waals surface area contributed by atoms with Gasteiger partial charge in [0.15, 0.2) is 0 Å². The van der Waals surface area contributed by atoms with E-state index in [0.717, 1.165) is 0 Å². The van der Waals surface area contributed by atoms with Crippen LogP contribution in [0, 0.1) is 0 Å². The first kappa shape index (κ1) is 15.7. The fraction of sp³-hybridized carbons (Fsp3) is 0.500. The highest BCUT2D eigenvalue weighted by Gasteiger charge is 2.36. The molecule has 6 nitrogen and oxygen atoms in total. The van der Waals surface area contributed by atoms with Crippen LogP contribution in [0.1, 0.15) is 6.92 Å². The van der Waals surface area contributed by atoms with Crippen LogP contribution in [0.2, 0.25) is 0 Å². The van der Waals surface area contributed by atoms with Gasteiger partial charge in [-0.3, -0.25) is 0 Å². The lowest BCUT2D eigenvalue weighted by molar-refractivity contribution is -0.0516. The van der Waals surface area contributed by atoms with Gasteiger partial charge in [0.25, 0.3) is 0 Å². The minimum absolute atomic E-state index is 0.136. The van der Waals surface area contributed by atoms with Gasteiger partial charge in [0.1, 0.15) is 0 Å². The van der Waals surface area contributed by atoms with E-state index in [0.29, 0.717) is 10.2 Å². The van der Waals surface area contributed by atoms with Crippen molar-refractivity contribution in [3.63, 3.8) is 0 Å². The first-order valence-electron chi connectivity index (χ1n) is 6.15. The van der Waals surface area contributed by atoms with Crippen LogP contribution in [0.25, 0.3) is 0 Å². The molecule has 0 radical (unpaired) electrons. The molecule has 0 amide bonds. The summed E-state index contributed by atoms with van der Waals surface area (Å²) in [6.45, 7) is 1.96. The predicted molar refractivity (Wildman–Crippen MR) is 78.7 cm³/mol. The van der Waals surface area contributed by atoms with Crippen molar-refractivity contribution in [3.05, 3.63) is 22.7 Å². The van der Waals surface area contributed by atoms with Crippen LogP contribution in [0.15, 0.2) is 27.6 Å². The summed E-state index contributed by atoms with van der Waals surface area (Å²) < 4.78 is 32.6. The van der Waals surface area contributed by atoms with Gasteiger partial charge < -0.3 is 15.6 Å². The zero-order valence-electron chi connectivity index (χ0n) is 11.0. The van der Waals surface area contributed by atoms with Gasteiger partial charge in [-0.25, -0.2) is 8.42 Å². The Morgan fingerprint density at radius 2 is 2.25 bits per heavy atom. The van der Waals surface area contributed by atoms with E-state index in [2.05, 4.69) is 15.9 Å². The average Bonchev–Trinajstić information content (AvgIpc) is 2.38. The van der Waals surface area contributed by atoms with Crippen molar-refractivity contribution in [3.8, 4) is 0 Å². The number of nitrogen functional groups attached to an aromatic ring is 1. The Kier molecular flexibility index (Phi) is 4.70. The Morgan fingerprint density at radius 1 is 1.55 bits per heavy atom. The molecular weight excluding hydrogens is 348 g/mol. The molecule has 20 heavy (non-hydrogen) atoms. The summed E-state index contributed by atoms with van der Waals surface area (Å²) in [5, 5.41) is 9.15. The smallest absolute Gasteiger partial charge is 0.244 e. The van der Waals surface area contributed by atoms with Gasteiger partial charge in [0, 0.05) is 22.7 Å². The number of anilines is 1. The first-order valence-corrected chi connectivity index (χ1v) is 8.39. The summed E-state index contributed by atoms with van der Waals surface area (Å²) in [5.41, 5.74) is 6.11. The summed E-state index contributed by atoms with van der Waals surface area (Å²) in [4.78, 5) is 0.164. The van der Waals surface area contributed by atoms with Gasteiger partial charge in [0.05, 0.1) is 24.2 Å². The maximum atomic E-state index is 12.7. The normalized spacial score (nSPS) is 24.8. The van der Waals surface area contributed by atoms with Crippen molar-refractivity contribution in [2.45, 2.75) is 24.0 Å². The molecule has 0 saturated carbocycles. The van der Waals surface area contributed by atoms with E-state index in [1.807, 2.05) is 0 Å². The summed E-state index contributed by atoms with van der Waals surface area (Å²) >= 11 is 3.24. The number of nitrogens with two attached hydrogens (primary N) is 1. The molecule has 0 bridgehead atoms. The number of benzene rings is 1. The number of rotatable bonds is 3. The predicted octanol–water partition coefficient (Wildman–Crippen LogP) is 0.802. The van der Waals surface area contributed by atoms with Crippen molar-refractivity contribution < 1.29 is 18.3 Å². The monoisotopic (exact) mass is 364 g/mol. The maximum absolute atomic E-state index is 12.7. The first-order chi connectivity index (χ1) is 9.36. The molecule has 1 aromatic rings. The molecule has 1 saturated heterocycles. The summed E-state index contributed by atoms with van der Waals surface area (Å²) in [6.07, 6.45) is -0.492. The number of halogens is 1. The van der Waals surface area contributed by atoms with E-state index in [9.17, 15) is 8.42 Å². The number of aliphatic hydroxyl groups is 1. The molecule has 3 N–H and O–H groups in total. The highest BCUT2D eigenvalue weighted by Crippen LogP contribution is 2.29. The molecule has 8 heteroatoms. The number of nitrogens with zero attached hydrogens (tertiary/aromatic N) is 1. The second-order valence-electron chi connectivity index (χ2n) is 4.75. The summed E-state index contributed by atoms with van der Waals surface area (Å²) in [7, 11) is -3.66. The molecule has 1 aromatic carbocycles. The standard InChI is InChI=1S/C12H17BrN2O4S/c1-8-7-19-10(6-16)5-15(8)20(17,18)12-3-2-9(14)4-11(12)13/h2-4,8,10,16H,5-7,14H2,1H3. The van der Waals surface area contributed by atoms with E-state index in [-0.39, 0.29) is 30.7 Å². The van der Waals surface area contributed by atoms with Crippen molar-refractivity contribution in [1.29, 1.82) is 0 Å². The van der Waals surface area contributed by atoms with Crippen LogP contribution < -0.4 is 5.73 Å². The minimum atomic E-state index is -3.66. The zero-order valence-corrected chi connectivity index (χ0v) is 13.4. The number of sulfonamides is 1. The second kappa shape index (κ2) is 5.98. The van der Waals surface area contributed by atoms with Crippen LogP contribution in [0.4, 0.5) is 5.69 Å². The molecule has 1 fully saturated rings. The van der Waals surface area contributed by atoms with E-state index >= 15 is 0 Å². The number of ether oxygens (including phenoxy) is 1. The van der Waals surface area contributed by atoms with Crippen LogP contribution in [-0.2, 0) is 14.8 Å². The SMILES string of the molecule is CC1COC(CO)CN1S(=O)(=O)c1ccc(N)cc1Br. The Morgan fingerprint density at radius 3 is 2.85 bits per heavy atom. The van der Waals surface area contributed by atoms with E-state index in [1.165, 1.54) is 10.4 Å². The Balaban J connectivity index is 2.38. The van der Waals surface area contributed by atoms with Crippen LogP contribution in [0.3, 0.4) is 0 Å². The Hall–Kier alpha value is -0.670. The zero-order chi connectivity index (χ0) is 14.9. The second-order valence-corrected chi connectivity index (χ2v) is 7.46. The fourth-order valence-electron chi connectivity index (χ4n) is 2.09. The third kappa shape index (κ3) is 2.99. The van der Waals surface area contributed by atoms with Crippen molar-refractivity contribution >= 4 is 31.6 Å². The largest absolute Gasteiger partial charge is 0.399 e. The van der Waals surface area contributed by atoms with Gasteiger partial charge in [-0.15, -0.1) is 0 Å². The molecule has 2 rings (SSSR count). The number of morpholine rings is 1. The van der Waals surface area contributed by atoms with E-state index in [1.54, 1.807) is 19.1 Å². The van der Waals surface area contributed by atoms with Gasteiger partial charge in [0.2, 0.25) is 10.0 Å². The quantitative estimate of drug-likeness (QED) is 0.773. The maximum Gasteiger partial charge on any atom is 0.244 e. The lowest BCUT2D eigenvalue weighted by Crippen LogP contribution is -2.51. The third-order valence-corrected chi connectivity index (χ3v) is 6.15. The molecule has 0 aromatic heterocycles. The molecular formula is C12H17BrN2O4S. The van der Waals surface area contributed by atoms with Gasteiger partial charge in [-0.05, 0) is 41.1 Å². The number of hydrogen-bond donors (Lipinski definition) is 2. The summed E-state index contributed by atoms with van der Waals surface area (Å²) in [6, 6.07) is 4.30. The van der Waals surface area contributed by atoms with Crippen molar-refractivity contribution in [2.24, 2.45) is 0 Å². The van der Waals surface area contributed by atoms with Crippen molar-refractivity contribution in [1.82, 2.24) is 4.31 Å². The molecule has 2 atom stereocenters. The van der Waals surface area contributed by atoms with Gasteiger partial charge >= 0.3 is 0 Å². The third-order valence-electron chi connectivity index (χ3n) is 3.19. The van der Waals surface area contributed by atoms with Crippen LogP contribution in [-0.4, -0.2) is 49.7 Å². The Bertz CT molecular complexity index is 593. The van der Waals surface area contributed by atoms with E-state index in [4.69, 9.17) is 15.6 Å². The molecule has 0 spiro atoms. The average molecular weight is 365 g/mol. The number of aliphatic hydroxyl groups excluding tert-OH is 1. The lowest BCUT2D eigenvalue weighted by Gasteiger charge is -2.36. The molecule has 2 unspecified atom stereocenters. The van der Waals surface area contributed by atoms with E-state index < -0.39 is 16.1 Å². The fourth-order valence-corrected chi connectivity index (χ4v) is 4.80. The molecule has 1 aliphatic rings. The lowest BCUT2D eigenvalue weighted by atomic mass is 10.2. The van der Waals surface area contributed by atoms with Crippen LogP contribution >= 0.6 is 15.9 Å². The van der Waals surface area contributed by atoms with Crippen LogP contribution in [0.5, 0.6) is 0 Å². The van der Waals surface area contributed by atoms with Crippen molar-refractivity contribution in [2.75, 3.05) is 25.5 Å². The molecule has 0 aliphatic carbocycles. The molecule has 112 valence electrons. The summed E-state index contributed by atoms with van der Waals surface area (Å²) in [5.74, 6) is 0.